The second kappa shape index (κ2) is 11.2. The van der Waals surface area contributed by atoms with E-state index in [1.807, 2.05) is 31.1 Å². The average molecular weight is 378 g/mol. The topological polar surface area (TPSA) is 42.9 Å². The van der Waals surface area contributed by atoms with E-state index in [-0.39, 0.29) is 5.82 Å². The lowest BCUT2D eigenvalue weighted by Crippen LogP contribution is -2.48. The monoisotopic (exact) mass is 377 g/mol. The van der Waals surface area contributed by atoms with Gasteiger partial charge in [0, 0.05) is 44.8 Å². The summed E-state index contributed by atoms with van der Waals surface area (Å²) < 4.78 is 13.9. The van der Waals surface area contributed by atoms with E-state index in [1.54, 1.807) is 13.1 Å². The molecule has 5 nitrogen and oxygen atoms in total. The lowest BCUT2D eigenvalue weighted by molar-refractivity contribution is 0.203. The first-order valence-electron chi connectivity index (χ1n) is 10.1. The van der Waals surface area contributed by atoms with Crippen molar-refractivity contribution in [2.75, 3.05) is 40.8 Å². The molecule has 1 aliphatic rings. The lowest BCUT2D eigenvalue weighted by Gasteiger charge is -2.33. The fraction of sp³-hybridized carbons (Fsp3) is 0.667. The Kier molecular flexibility index (Phi) is 9.01. The lowest BCUT2D eigenvalue weighted by atomic mass is 10.0. The molecular formula is C21H36FN5. The molecular weight excluding hydrogens is 341 g/mol. The minimum Gasteiger partial charge on any atom is -0.354 e. The number of guanidine groups is 1. The fourth-order valence-electron chi connectivity index (χ4n) is 3.46. The smallest absolute Gasteiger partial charge is 0.191 e. The van der Waals surface area contributed by atoms with Crippen LogP contribution >= 0.6 is 0 Å². The molecule has 0 unspecified atom stereocenters. The molecule has 0 saturated carbocycles. The summed E-state index contributed by atoms with van der Waals surface area (Å²) in [7, 11) is 5.70. The van der Waals surface area contributed by atoms with Gasteiger partial charge in [0.2, 0.25) is 0 Å². The van der Waals surface area contributed by atoms with Crippen molar-refractivity contribution in [3.8, 4) is 0 Å². The highest BCUT2D eigenvalue weighted by Gasteiger charge is 2.19. The van der Waals surface area contributed by atoms with Crippen LogP contribution in [0.5, 0.6) is 0 Å². The van der Waals surface area contributed by atoms with Crippen molar-refractivity contribution in [2.24, 2.45) is 4.99 Å². The molecule has 2 N–H and O–H groups in total. The predicted molar refractivity (Wildman–Crippen MR) is 111 cm³/mol. The Bertz CT molecular complexity index is 594. The number of nitrogens with one attached hydrogen (secondary N) is 2. The number of aliphatic imine (C=N–C) groups is 1. The number of hydrogen-bond acceptors (Lipinski definition) is 3. The number of halogens is 1. The first-order chi connectivity index (χ1) is 13.0. The van der Waals surface area contributed by atoms with Gasteiger partial charge in [0.25, 0.3) is 0 Å². The zero-order valence-electron chi connectivity index (χ0n) is 17.4. The van der Waals surface area contributed by atoms with Crippen LogP contribution < -0.4 is 10.6 Å². The minimum absolute atomic E-state index is 0.148. The number of likely N-dealkylation sites (tertiary alicyclic amines) is 1. The molecule has 27 heavy (non-hydrogen) atoms. The Morgan fingerprint density at radius 1 is 1.30 bits per heavy atom. The quantitative estimate of drug-likeness (QED) is 0.540. The summed E-state index contributed by atoms with van der Waals surface area (Å²) in [5, 5.41) is 6.91. The molecule has 1 heterocycles. The van der Waals surface area contributed by atoms with Gasteiger partial charge in [-0.3, -0.25) is 4.99 Å². The molecule has 0 aliphatic carbocycles. The van der Waals surface area contributed by atoms with Gasteiger partial charge in [-0.25, -0.2) is 4.39 Å². The maximum atomic E-state index is 13.9. The van der Waals surface area contributed by atoms with Crippen LogP contribution in [0.4, 0.5) is 4.39 Å². The summed E-state index contributed by atoms with van der Waals surface area (Å²) in [6, 6.07) is 5.78. The molecule has 2 rings (SSSR count). The molecule has 0 spiro atoms. The van der Waals surface area contributed by atoms with E-state index >= 15 is 0 Å². The minimum atomic E-state index is -0.148. The van der Waals surface area contributed by atoms with E-state index in [0.29, 0.717) is 19.1 Å². The van der Waals surface area contributed by atoms with E-state index in [4.69, 9.17) is 0 Å². The summed E-state index contributed by atoms with van der Waals surface area (Å²) in [5.41, 5.74) is 1.78. The molecule has 6 heteroatoms. The molecule has 1 aromatic carbocycles. The first kappa shape index (κ1) is 21.6. The molecule has 0 radical (unpaired) electrons. The maximum absolute atomic E-state index is 13.9. The fourth-order valence-corrected chi connectivity index (χ4v) is 3.46. The van der Waals surface area contributed by atoms with Crippen LogP contribution in [-0.2, 0) is 13.1 Å². The van der Waals surface area contributed by atoms with Gasteiger partial charge in [0.1, 0.15) is 5.82 Å². The van der Waals surface area contributed by atoms with Crippen LogP contribution in [0.3, 0.4) is 0 Å². The van der Waals surface area contributed by atoms with E-state index in [2.05, 4.69) is 27.4 Å². The Hall–Kier alpha value is -1.66. The van der Waals surface area contributed by atoms with Gasteiger partial charge in [0.05, 0.1) is 0 Å². The largest absolute Gasteiger partial charge is 0.354 e. The third-order valence-corrected chi connectivity index (χ3v) is 5.04. The van der Waals surface area contributed by atoms with Crippen molar-refractivity contribution in [2.45, 2.75) is 51.7 Å². The molecule has 0 atom stereocenters. The van der Waals surface area contributed by atoms with E-state index in [1.165, 1.54) is 19.4 Å². The van der Waals surface area contributed by atoms with Crippen molar-refractivity contribution >= 4 is 5.96 Å². The van der Waals surface area contributed by atoms with Gasteiger partial charge in [-0.15, -0.1) is 0 Å². The predicted octanol–water partition coefficient (Wildman–Crippen LogP) is 2.82. The Labute approximate surface area is 164 Å². The second-order valence-electron chi connectivity index (χ2n) is 7.70. The molecule has 0 amide bonds. The number of hydrogen-bond donors (Lipinski definition) is 2. The molecule has 152 valence electrons. The summed E-state index contributed by atoms with van der Waals surface area (Å²) in [6.07, 6.45) is 4.84. The van der Waals surface area contributed by atoms with Crippen LogP contribution in [0.1, 0.15) is 43.7 Å². The highest BCUT2D eigenvalue weighted by molar-refractivity contribution is 5.79. The molecule has 1 saturated heterocycles. The van der Waals surface area contributed by atoms with Gasteiger partial charge in [-0.1, -0.05) is 19.4 Å². The van der Waals surface area contributed by atoms with Gasteiger partial charge in [0.15, 0.2) is 5.96 Å². The highest BCUT2D eigenvalue weighted by atomic mass is 19.1. The SMILES string of the molecule is CCCCN1CCC(NC(=NC)NCc2ccc(F)c(CN(C)C)c2)CC1. The van der Waals surface area contributed by atoms with Crippen LogP contribution in [-0.4, -0.2) is 62.6 Å². The molecule has 1 fully saturated rings. The zero-order chi connectivity index (χ0) is 19.6. The van der Waals surface area contributed by atoms with Gasteiger partial charge < -0.3 is 20.4 Å². The van der Waals surface area contributed by atoms with Crippen molar-refractivity contribution in [1.82, 2.24) is 20.4 Å². The normalized spacial score (nSPS) is 16.7. The van der Waals surface area contributed by atoms with Crippen LogP contribution in [0.2, 0.25) is 0 Å². The molecule has 0 aromatic heterocycles. The third kappa shape index (κ3) is 7.46. The Morgan fingerprint density at radius 2 is 2.04 bits per heavy atom. The van der Waals surface area contributed by atoms with E-state index in [0.717, 1.165) is 43.0 Å². The molecule has 1 aromatic rings. The molecule has 1 aliphatic heterocycles. The molecule has 0 bridgehead atoms. The van der Waals surface area contributed by atoms with Crippen molar-refractivity contribution in [1.29, 1.82) is 0 Å². The van der Waals surface area contributed by atoms with Crippen LogP contribution in [0.15, 0.2) is 23.2 Å². The highest BCUT2D eigenvalue weighted by Crippen LogP contribution is 2.13. The van der Waals surface area contributed by atoms with Crippen molar-refractivity contribution < 1.29 is 4.39 Å². The number of nitrogens with zero attached hydrogens (tertiary/aromatic N) is 3. The summed E-state index contributed by atoms with van der Waals surface area (Å²) in [4.78, 5) is 8.89. The van der Waals surface area contributed by atoms with Gasteiger partial charge >= 0.3 is 0 Å². The number of benzene rings is 1. The maximum Gasteiger partial charge on any atom is 0.191 e. The van der Waals surface area contributed by atoms with Crippen molar-refractivity contribution in [3.05, 3.63) is 35.1 Å². The summed E-state index contributed by atoms with van der Waals surface area (Å²) >= 11 is 0. The number of rotatable bonds is 8. The summed E-state index contributed by atoms with van der Waals surface area (Å²) in [6.45, 7) is 7.00. The van der Waals surface area contributed by atoms with Gasteiger partial charge in [-0.05, 0) is 57.6 Å². The van der Waals surface area contributed by atoms with E-state index in [9.17, 15) is 4.39 Å². The summed E-state index contributed by atoms with van der Waals surface area (Å²) in [5.74, 6) is 0.672. The number of piperidine rings is 1. The van der Waals surface area contributed by atoms with Crippen LogP contribution in [0.25, 0.3) is 0 Å². The zero-order valence-corrected chi connectivity index (χ0v) is 17.4. The van der Waals surface area contributed by atoms with Crippen LogP contribution in [0, 0.1) is 5.82 Å². The van der Waals surface area contributed by atoms with Crippen molar-refractivity contribution in [3.63, 3.8) is 0 Å². The van der Waals surface area contributed by atoms with E-state index < -0.39 is 0 Å². The average Bonchev–Trinajstić information content (AvgIpc) is 2.66. The standard InChI is InChI=1S/C21H36FN5/c1-5-6-11-27-12-9-19(10-13-27)25-21(23-2)24-15-17-7-8-20(22)18(14-17)16-26(3)4/h7-8,14,19H,5-6,9-13,15-16H2,1-4H3,(H2,23,24,25). The number of unbranched alkanes of at least 4 members (excludes halogenated alkanes) is 1. The second-order valence-corrected chi connectivity index (χ2v) is 7.70. The Balaban J connectivity index is 1.81. The first-order valence-corrected chi connectivity index (χ1v) is 10.1. The third-order valence-electron chi connectivity index (χ3n) is 5.04. The Morgan fingerprint density at radius 3 is 2.67 bits per heavy atom. The van der Waals surface area contributed by atoms with Gasteiger partial charge in [-0.2, -0.15) is 0 Å².